The maximum absolute atomic E-state index is 11.9. The number of nitro benzene ring substituents is 1. The molecule has 0 saturated carbocycles. The van der Waals surface area contributed by atoms with E-state index in [0.29, 0.717) is 18.7 Å². The van der Waals surface area contributed by atoms with Crippen LogP contribution in [0.25, 0.3) is 0 Å². The number of benzene rings is 1. The van der Waals surface area contributed by atoms with Crippen LogP contribution in [0.15, 0.2) is 24.3 Å². The lowest BCUT2D eigenvalue weighted by Gasteiger charge is -2.30. The van der Waals surface area contributed by atoms with Gasteiger partial charge in [-0.3, -0.25) is 14.9 Å². The van der Waals surface area contributed by atoms with E-state index in [1.165, 1.54) is 6.07 Å². The fraction of sp³-hybridized carbons (Fsp3) is 0.417. The van der Waals surface area contributed by atoms with Crippen molar-refractivity contribution >= 4 is 24.0 Å². The van der Waals surface area contributed by atoms with Crippen LogP contribution in [-0.2, 0) is 11.3 Å². The van der Waals surface area contributed by atoms with Gasteiger partial charge in [0, 0.05) is 31.8 Å². The maximum Gasteiger partial charge on any atom is 0.274 e. The molecular weight excluding hydrogens is 270 g/mol. The highest BCUT2D eigenvalue weighted by Crippen LogP contribution is 2.20. The van der Waals surface area contributed by atoms with Crippen LogP contribution in [0.5, 0.6) is 0 Å². The van der Waals surface area contributed by atoms with Gasteiger partial charge < -0.3 is 10.2 Å². The predicted molar refractivity (Wildman–Crippen MR) is 73.2 cm³/mol. The van der Waals surface area contributed by atoms with Gasteiger partial charge in [-0.15, -0.1) is 12.4 Å². The molecule has 6 nitrogen and oxygen atoms in total. The van der Waals surface area contributed by atoms with Crippen molar-refractivity contribution < 1.29 is 9.72 Å². The lowest BCUT2D eigenvalue weighted by atomic mass is 10.0. The van der Waals surface area contributed by atoms with Crippen molar-refractivity contribution in [2.75, 3.05) is 20.1 Å². The topological polar surface area (TPSA) is 75.5 Å². The van der Waals surface area contributed by atoms with Crippen LogP contribution in [0.1, 0.15) is 5.56 Å². The molecule has 19 heavy (non-hydrogen) atoms. The molecule has 0 unspecified atom stereocenters. The number of nitro groups is 1. The molecule has 0 atom stereocenters. The number of nitrogens with one attached hydrogen (secondary N) is 1. The monoisotopic (exact) mass is 285 g/mol. The average molecular weight is 286 g/mol. The molecule has 0 bridgehead atoms. The van der Waals surface area contributed by atoms with E-state index in [1.807, 2.05) is 0 Å². The molecule has 1 aliphatic rings. The Morgan fingerprint density at radius 3 is 2.63 bits per heavy atom. The maximum atomic E-state index is 11.9. The van der Waals surface area contributed by atoms with Crippen LogP contribution in [0, 0.1) is 16.0 Å². The van der Waals surface area contributed by atoms with Gasteiger partial charge in [-0.05, 0) is 0 Å². The number of nitrogens with zero attached hydrogens (tertiary/aromatic N) is 2. The van der Waals surface area contributed by atoms with Crippen LogP contribution < -0.4 is 5.32 Å². The Kier molecular flexibility index (Phi) is 5.26. The van der Waals surface area contributed by atoms with E-state index in [-0.39, 0.29) is 36.5 Å². The Labute approximate surface area is 117 Å². The van der Waals surface area contributed by atoms with Crippen molar-refractivity contribution in [1.82, 2.24) is 10.2 Å². The van der Waals surface area contributed by atoms with E-state index in [1.54, 1.807) is 30.1 Å². The van der Waals surface area contributed by atoms with Crippen LogP contribution in [0.3, 0.4) is 0 Å². The molecular formula is C12H16ClN3O3. The Balaban J connectivity index is 0.00000180. The molecule has 1 aromatic rings. The van der Waals surface area contributed by atoms with E-state index in [2.05, 4.69) is 5.32 Å². The quantitative estimate of drug-likeness (QED) is 0.666. The van der Waals surface area contributed by atoms with E-state index < -0.39 is 4.92 Å². The Hall–Kier alpha value is -1.66. The fourth-order valence-corrected chi connectivity index (χ4v) is 1.93. The van der Waals surface area contributed by atoms with Gasteiger partial charge in [0.05, 0.1) is 17.4 Å². The van der Waals surface area contributed by atoms with Crippen molar-refractivity contribution in [3.8, 4) is 0 Å². The third kappa shape index (κ3) is 3.42. The van der Waals surface area contributed by atoms with E-state index in [0.717, 1.165) is 0 Å². The van der Waals surface area contributed by atoms with E-state index in [9.17, 15) is 14.9 Å². The first kappa shape index (κ1) is 15.4. The van der Waals surface area contributed by atoms with Gasteiger partial charge in [0.1, 0.15) is 0 Å². The second kappa shape index (κ2) is 6.49. The van der Waals surface area contributed by atoms with Crippen LogP contribution in [0.2, 0.25) is 0 Å². The summed E-state index contributed by atoms with van der Waals surface area (Å²) in [7, 11) is 1.68. The zero-order valence-corrected chi connectivity index (χ0v) is 11.4. The molecule has 0 spiro atoms. The number of halogens is 1. The summed E-state index contributed by atoms with van der Waals surface area (Å²) in [6.07, 6.45) is 0. The van der Waals surface area contributed by atoms with Crippen molar-refractivity contribution in [3.63, 3.8) is 0 Å². The standard InChI is InChI=1S/C12H15N3O3.ClH/c1-14(12(16)10-6-13-7-10)8-9-4-2-3-5-11(9)15(17)18;/h2-5,10,13H,6-8H2,1H3;1H. The fourth-order valence-electron chi connectivity index (χ4n) is 1.93. The second-order valence-electron chi connectivity index (χ2n) is 4.44. The number of para-hydroxylation sites is 1. The number of amides is 1. The summed E-state index contributed by atoms with van der Waals surface area (Å²) in [6.45, 7) is 1.66. The normalized spacial score (nSPS) is 14.2. The Morgan fingerprint density at radius 2 is 2.11 bits per heavy atom. The summed E-state index contributed by atoms with van der Waals surface area (Å²) in [5.74, 6) is 0.0460. The Bertz CT molecular complexity index is 477. The molecule has 1 aliphatic heterocycles. The number of rotatable bonds is 4. The minimum atomic E-state index is -0.418. The molecule has 1 heterocycles. The van der Waals surface area contributed by atoms with Crippen molar-refractivity contribution in [3.05, 3.63) is 39.9 Å². The Morgan fingerprint density at radius 1 is 1.47 bits per heavy atom. The largest absolute Gasteiger partial charge is 0.341 e. The van der Waals surface area contributed by atoms with Crippen molar-refractivity contribution in [2.45, 2.75) is 6.54 Å². The predicted octanol–water partition coefficient (Wildman–Crippen LogP) is 1.19. The van der Waals surface area contributed by atoms with Crippen LogP contribution in [0.4, 0.5) is 5.69 Å². The summed E-state index contributed by atoms with van der Waals surface area (Å²) in [4.78, 5) is 23.9. The average Bonchev–Trinajstić information content (AvgIpc) is 2.27. The minimum Gasteiger partial charge on any atom is -0.341 e. The lowest BCUT2D eigenvalue weighted by Crippen LogP contribution is -2.51. The molecule has 1 N–H and O–H groups in total. The zero-order chi connectivity index (χ0) is 13.1. The second-order valence-corrected chi connectivity index (χ2v) is 4.44. The van der Waals surface area contributed by atoms with Gasteiger partial charge in [-0.2, -0.15) is 0 Å². The molecule has 2 rings (SSSR count). The molecule has 1 aromatic carbocycles. The highest BCUT2D eigenvalue weighted by Gasteiger charge is 2.28. The number of hydrogen-bond donors (Lipinski definition) is 1. The molecule has 0 aliphatic carbocycles. The summed E-state index contributed by atoms with van der Waals surface area (Å²) in [5.41, 5.74) is 0.620. The molecule has 0 radical (unpaired) electrons. The molecule has 104 valence electrons. The SMILES string of the molecule is CN(Cc1ccccc1[N+](=O)[O-])C(=O)C1CNC1.Cl. The van der Waals surface area contributed by atoms with Gasteiger partial charge >= 0.3 is 0 Å². The number of carbonyl (C=O) groups excluding carboxylic acids is 1. The highest BCUT2D eigenvalue weighted by atomic mass is 35.5. The number of carbonyl (C=O) groups is 1. The zero-order valence-electron chi connectivity index (χ0n) is 10.5. The van der Waals surface area contributed by atoms with Crippen LogP contribution >= 0.6 is 12.4 Å². The molecule has 1 saturated heterocycles. The van der Waals surface area contributed by atoms with Gasteiger partial charge in [-0.25, -0.2) is 0 Å². The third-order valence-electron chi connectivity index (χ3n) is 3.10. The summed E-state index contributed by atoms with van der Waals surface area (Å²) < 4.78 is 0. The molecule has 1 fully saturated rings. The molecule has 7 heteroatoms. The first-order valence-corrected chi connectivity index (χ1v) is 5.77. The van der Waals surface area contributed by atoms with Crippen LogP contribution in [-0.4, -0.2) is 35.9 Å². The first-order valence-electron chi connectivity index (χ1n) is 5.77. The summed E-state index contributed by atoms with van der Waals surface area (Å²) in [5, 5.41) is 13.9. The van der Waals surface area contributed by atoms with Gasteiger partial charge in [0.15, 0.2) is 0 Å². The molecule has 0 aromatic heterocycles. The van der Waals surface area contributed by atoms with Crippen molar-refractivity contribution in [2.24, 2.45) is 5.92 Å². The highest BCUT2D eigenvalue weighted by molar-refractivity contribution is 5.85. The minimum absolute atomic E-state index is 0. The lowest BCUT2D eigenvalue weighted by molar-refractivity contribution is -0.385. The smallest absolute Gasteiger partial charge is 0.274 e. The van der Waals surface area contributed by atoms with E-state index >= 15 is 0 Å². The van der Waals surface area contributed by atoms with Gasteiger partial charge in [0.25, 0.3) is 5.69 Å². The molecule has 1 amide bonds. The third-order valence-corrected chi connectivity index (χ3v) is 3.10. The van der Waals surface area contributed by atoms with Gasteiger partial charge in [-0.1, -0.05) is 18.2 Å². The van der Waals surface area contributed by atoms with Gasteiger partial charge in [0.2, 0.25) is 5.91 Å². The number of hydrogen-bond acceptors (Lipinski definition) is 4. The van der Waals surface area contributed by atoms with E-state index in [4.69, 9.17) is 0 Å². The summed E-state index contributed by atoms with van der Waals surface area (Å²) in [6, 6.07) is 6.50. The summed E-state index contributed by atoms with van der Waals surface area (Å²) >= 11 is 0. The first-order chi connectivity index (χ1) is 8.59. The van der Waals surface area contributed by atoms with Crippen molar-refractivity contribution in [1.29, 1.82) is 0 Å².